The second-order valence-electron chi connectivity index (χ2n) is 5.01. The zero-order valence-electron chi connectivity index (χ0n) is 10.3. The number of Topliss-reactive ketones (excluding diaryl/α,β-unsaturated/α-hetero) is 1. The molecule has 0 atom stereocenters. The van der Waals surface area contributed by atoms with Gasteiger partial charge in [0.05, 0.1) is 0 Å². The van der Waals surface area contributed by atoms with E-state index in [1.54, 1.807) is 0 Å². The molecule has 2 aromatic carbocycles. The molecule has 3 rings (SSSR count). The number of carbonyl (C=O) groups is 1. The molecule has 0 spiro atoms. The fraction of sp³-hybridized carbons (Fsp3) is 0.235. The molecule has 0 heterocycles. The van der Waals surface area contributed by atoms with Crippen molar-refractivity contribution in [2.45, 2.75) is 19.3 Å². The Labute approximate surface area is 107 Å². The molecule has 0 N–H and O–H groups in total. The van der Waals surface area contributed by atoms with Crippen molar-refractivity contribution in [1.82, 2.24) is 0 Å². The minimum atomic E-state index is 0.289. The molecule has 0 unspecified atom stereocenters. The summed E-state index contributed by atoms with van der Waals surface area (Å²) in [5.41, 5.74) is 3.21. The van der Waals surface area contributed by atoms with E-state index in [2.05, 4.69) is 12.1 Å². The number of hydrogen-bond donors (Lipinski definition) is 0. The first kappa shape index (κ1) is 11.2. The van der Waals surface area contributed by atoms with Crippen LogP contribution in [-0.4, -0.2) is 5.78 Å². The largest absolute Gasteiger partial charge is 0.294 e. The van der Waals surface area contributed by atoms with Gasteiger partial charge in [0.2, 0.25) is 0 Å². The Kier molecular flexibility index (Phi) is 2.97. The second kappa shape index (κ2) is 4.77. The fourth-order valence-corrected chi connectivity index (χ4v) is 2.18. The van der Waals surface area contributed by atoms with Crippen LogP contribution in [0, 0.1) is 5.92 Å². The van der Waals surface area contributed by atoms with Crippen molar-refractivity contribution in [3.8, 4) is 11.1 Å². The summed E-state index contributed by atoms with van der Waals surface area (Å²) in [4.78, 5) is 11.9. The predicted octanol–water partition coefficient (Wildman–Crippen LogP) is 4.34. The highest BCUT2D eigenvalue weighted by molar-refractivity contribution is 5.96. The number of carbonyl (C=O) groups excluding carboxylic acids is 1. The van der Waals surface area contributed by atoms with Crippen LogP contribution in [0.2, 0.25) is 0 Å². The van der Waals surface area contributed by atoms with Crippen LogP contribution in [0.1, 0.15) is 29.6 Å². The molecule has 2 aromatic rings. The quantitative estimate of drug-likeness (QED) is 0.722. The molecule has 0 bridgehead atoms. The Bertz CT molecular complexity index is 536. The summed E-state index contributed by atoms with van der Waals surface area (Å²) in [5, 5.41) is 0. The van der Waals surface area contributed by atoms with Crippen molar-refractivity contribution in [3.63, 3.8) is 0 Å². The van der Waals surface area contributed by atoms with Crippen LogP contribution in [0.25, 0.3) is 11.1 Å². The van der Waals surface area contributed by atoms with Crippen LogP contribution in [0.3, 0.4) is 0 Å². The van der Waals surface area contributed by atoms with E-state index in [0.717, 1.165) is 12.0 Å². The molecule has 1 heteroatoms. The van der Waals surface area contributed by atoms with E-state index < -0.39 is 0 Å². The minimum absolute atomic E-state index is 0.289. The molecule has 0 aliphatic heterocycles. The van der Waals surface area contributed by atoms with E-state index in [1.807, 2.05) is 42.5 Å². The van der Waals surface area contributed by atoms with Crippen molar-refractivity contribution >= 4 is 5.78 Å². The average molecular weight is 236 g/mol. The summed E-state index contributed by atoms with van der Waals surface area (Å²) in [6.07, 6.45) is 3.19. The molecule has 0 saturated heterocycles. The van der Waals surface area contributed by atoms with Gasteiger partial charge in [-0.15, -0.1) is 0 Å². The van der Waals surface area contributed by atoms with Crippen LogP contribution < -0.4 is 0 Å². The van der Waals surface area contributed by atoms with Gasteiger partial charge in [-0.25, -0.2) is 0 Å². The number of hydrogen-bond acceptors (Lipinski definition) is 1. The minimum Gasteiger partial charge on any atom is -0.294 e. The molecular weight excluding hydrogens is 220 g/mol. The van der Waals surface area contributed by atoms with Gasteiger partial charge in [-0.3, -0.25) is 4.79 Å². The van der Waals surface area contributed by atoms with Gasteiger partial charge in [0.15, 0.2) is 5.78 Å². The fourth-order valence-electron chi connectivity index (χ4n) is 2.18. The highest BCUT2D eigenvalue weighted by Gasteiger charge is 2.24. The maximum Gasteiger partial charge on any atom is 0.163 e. The smallest absolute Gasteiger partial charge is 0.163 e. The maximum atomic E-state index is 11.9. The molecular formula is C17H16O. The lowest BCUT2D eigenvalue weighted by molar-refractivity contribution is 0.0976. The molecule has 1 fully saturated rings. The van der Waals surface area contributed by atoms with E-state index in [4.69, 9.17) is 0 Å². The molecule has 90 valence electrons. The van der Waals surface area contributed by atoms with Crippen molar-refractivity contribution in [1.29, 1.82) is 0 Å². The standard InChI is InChI=1S/C17H16O/c18-17(12-13-6-7-13)16-10-8-15(9-11-16)14-4-2-1-3-5-14/h1-5,8-11,13H,6-7,12H2. The molecule has 0 radical (unpaired) electrons. The Balaban J connectivity index is 1.78. The molecule has 1 saturated carbocycles. The molecule has 18 heavy (non-hydrogen) atoms. The van der Waals surface area contributed by atoms with Crippen LogP contribution >= 0.6 is 0 Å². The summed E-state index contributed by atoms with van der Waals surface area (Å²) in [6, 6.07) is 18.2. The van der Waals surface area contributed by atoms with Gasteiger partial charge in [-0.1, -0.05) is 54.6 Å². The lowest BCUT2D eigenvalue weighted by Gasteiger charge is -2.03. The van der Waals surface area contributed by atoms with E-state index in [0.29, 0.717) is 5.92 Å². The normalized spacial score (nSPS) is 14.4. The summed E-state index contributed by atoms with van der Waals surface area (Å²) in [6.45, 7) is 0. The molecule has 0 aromatic heterocycles. The number of rotatable bonds is 4. The monoisotopic (exact) mass is 236 g/mol. The Morgan fingerprint density at radius 3 is 2.11 bits per heavy atom. The lowest BCUT2D eigenvalue weighted by atomic mass is 10.0. The van der Waals surface area contributed by atoms with Crippen LogP contribution in [0.5, 0.6) is 0 Å². The number of benzene rings is 2. The van der Waals surface area contributed by atoms with E-state index in [9.17, 15) is 4.79 Å². The van der Waals surface area contributed by atoms with Gasteiger partial charge in [-0.05, 0) is 29.9 Å². The third-order valence-electron chi connectivity index (χ3n) is 3.48. The molecule has 1 aliphatic carbocycles. The summed E-state index contributed by atoms with van der Waals surface area (Å²) in [7, 11) is 0. The van der Waals surface area contributed by atoms with Crippen molar-refractivity contribution in [3.05, 3.63) is 60.2 Å². The van der Waals surface area contributed by atoms with Crippen LogP contribution in [0.15, 0.2) is 54.6 Å². The van der Waals surface area contributed by atoms with Crippen molar-refractivity contribution in [2.24, 2.45) is 5.92 Å². The van der Waals surface area contributed by atoms with Crippen molar-refractivity contribution in [2.75, 3.05) is 0 Å². The first-order valence-electron chi connectivity index (χ1n) is 6.51. The number of ketones is 1. The lowest BCUT2D eigenvalue weighted by Crippen LogP contribution is -1.99. The van der Waals surface area contributed by atoms with E-state index in [1.165, 1.54) is 24.0 Å². The highest BCUT2D eigenvalue weighted by atomic mass is 16.1. The van der Waals surface area contributed by atoms with Gasteiger partial charge in [-0.2, -0.15) is 0 Å². The van der Waals surface area contributed by atoms with Crippen LogP contribution in [-0.2, 0) is 0 Å². The zero-order chi connectivity index (χ0) is 12.4. The van der Waals surface area contributed by atoms with E-state index in [-0.39, 0.29) is 5.78 Å². The Hall–Kier alpha value is -1.89. The first-order chi connectivity index (χ1) is 8.83. The molecule has 0 amide bonds. The average Bonchev–Trinajstić information content (AvgIpc) is 3.24. The van der Waals surface area contributed by atoms with Gasteiger partial charge in [0.1, 0.15) is 0 Å². The Morgan fingerprint density at radius 2 is 1.50 bits per heavy atom. The van der Waals surface area contributed by atoms with Gasteiger partial charge in [0, 0.05) is 12.0 Å². The van der Waals surface area contributed by atoms with E-state index >= 15 is 0 Å². The van der Waals surface area contributed by atoms with Crippen LogP contribution in [0.4, 0.5) is 0 Å². The summed E-state index contributed by atoms with van der Waals surface area (Å²) >= 11 is 0. The predicted molar refractivity (Wildman–Crippen MR) is 73.5 cm³/mol. The van der Waals surface area contributed by atoms with Crippen molar-refractivity contribution < 1.29 is 4.79 Å². The van der Waals surface area contributed by atoms with Gasteiger partial charge < -0.3 is 0 Å². The molecule has 1 nitrogen and oxygen atoms in total. The third kappa shape index (κ3) is 2.51. The second-order valence-corrected chi connectivity index (χ2v) is 5.01. The third-order valence-corrected chi connectivity index (χ3v) is 3.48. The molecule has 1 aliphatic rings. The summed E-state index contributed by atoms with van der Waals surface area (Å²) in [5.74, 6) is 0.948. The van der Waals surface area contributed by atoms with Gasteiger partial charge in [0.25, 0.3) is 0 Å². The van der Waals surface area contributed by atoms with Gasteiger partial charge >= 0.3 is 0 Å². The SMILES string of the molecule is O=C(CC1CC1)c1ccc(-c2ccccc2)cc1. The highest BCUT2D eigenvalue weighted by Crippen LogP contribution is 2.33. The Morgan fingerprint density at radius 1 is 0.889 bits per heavy atom. The maximum absolute atomic E-state index is 11.9. The zero-order valence-corrected chi connectivity index (χ0v) is 10.3. The first-order valence-corrected chi connectivity index (χ1v) is 6.51. The summed E-state index contributed by atoms with van der Waals surface area (Å²) < 4.78 is 0. The topological polar surface area (TPSA) is 17.1 Å².